The van der Waals surface area contributed by atoms with Crippen molar-refractivity contribution in [3.8, 4) is 5.75 Å². The fraction of sp³-hybridized carbons (Fsp3) is 0.176. The molecule has 0 bridgehead atoms. The van der Waals surface area contributed by atoms with Crippen LogP contribution < -0.4 is 15.0 Å². The molecular weight excluding hydrogens is 337 g/mol. The molecule has 130 valence electrons. The van der Waals surface area contributed by atoms with Crippen molar-refractivity contribution in [2.75, 3.05) is 10.2 Å². The Morgan fingerprint density at radius 3 is 2.24 bits per heavy atom. The van der Waals surface area contributed by atoms with Crippen molar-refractivity contribution in [1.82, 2.24) is 0 Å². The third-order valence-electron chi connectivity index (χ3n) is 3.59. The van der Waals surface area contributed by atoms with Crippen molar-refractivity contribution in [2.24, 2.45) is 0 Å². The van der Waals surface area contributed by atoms with Crippen molar-refractivity contribution in [3.63, 3.8) is 0 Å². The number of para-hydroxylation sites is 1. The predicted octanol–water partition coefficient (Wildman–Crippen LogP) is 3.33. The number of imide groups is 1. The molecule has 0 saturated carbocycles. The Hall–Kier alpha value is -3.03. The van der Waals surface area contributed by atoms with Gasteiger partial charge in [-0.15, -0.1) is 13.2 Å². The maximum absolute atomic E-state index is 12.4. The summed E-state index contributed by atoms with van der Waals surface area (Å²) in [6.45, 7) is 0. The van der Waals surface area contributed by atoms with Crippen LogP contribution in [-0.2, 0) is 9.59 Å². The van der Waals surface area contributed by atoms with E-state index in [1.807, 2.05) is 0 Å². The van der Waals surface area contributed by atoms with Gasteiger partial charge in [0, 0.05) is 5.69 Å². The number of hydrogen-bond acceptors (Lipinski definition) is 4. The number of amides is 2. The molecule has 3 rings (SSSR count). The summed E-state index contributed by atoms with van der Waals surface area (Å²) in [4.78, 5) is 25.7. The Labute approximate surface area is 141 Å². The second-order valence-corrected chi connectivity index (χ2v) is 5.38. The van der Waals surface area contributed by atoms with Gasteiger partial charge in [0.2, 0.25) is 5.91 Å². The van der Waals surface area contributed by atoms with Crippen molar-refractivity contribution < 1.29 is 27.5 Å². The predicted molar refractivity (Wildman–Crippen MR) is 84.1 cm³/mol. The number of alkyl halides is 3. The van der Waals surface area contributed by atoms with Crippen LogP contribution in [0.4, 0.5) is 24.5 Å². The molecule has 2 aromatic carbocycles. The van der Waals surface area contributed by atoms with E-state index in [1.54, 1.807) is 30.3 Å². The van der Waals surface area contributed by atoms with E-state index in [9.17, 15) is 22.8 Å². The number of benzene rings is 2. The Morgan fingerprint density at radius 2 is 1.64 bits per heavy atom. The number of nitrogens with one attached hydrogen (secondary N) is 1. The first kappa shape index (κ1) is 16.8. The smallest absolute Gasteiger partial charge is 0.406 e. The lowest BCUT2D eigenvalue weighted by Gasteiger charge is -2.16. The van der Waals surface area contributed by atoms with E-state index in [-0.39, 0.29) is 18.1 Å². The average Bonchev–Trinajstić information content (AvgIpc) is 2.83. The lowest BCUT2D eigenvalue weighted by molar-refractivity contribution is -0.274. The molecule has 0 aromatic heterocycles. The van der Waals surface area contributed by atoms with Crippen molar-refractivity contribution in [2.45, 2.75) is 18.8 Å². The van der Waals surface area contributed by atoms with E-state index in [0.29, 0.717) is 11.4 Å². The molecular formula is C17H13F3N2O3. The molecule has 1 fully saturated rings. The molecule has 2 amide bonds. The summed E-state index contributed by atoms with van der Waals surface area (Å²) in [5.74, 6) is -1.12. The van der Waals surface area contributed by atoms with Gasteiger partial charge < -0.3 is 10.1 Å². The molecule has 1 aliphatic rings. The van der Waals surface area contributed by atoms with E-state index in [4.69, 9.17) is 0 Å². The van der Waals surface area contributed by atoms with E-state index in [2.05, 4.69) is 10.1 Å². The van der Waals surface area contributed by atoms with E-state index in [0.717, 1.165) is 17.0 Å². The third-order valence-corrected chi connectivity index (χ3v) is 3.59. The highest BCUT2D eigenvalue weighted by molar-refractivity contribution is 6.23. The van der Waals surface area contributed by atoms with Gasteiger partial charge in [-0.25, -0.2) is 4.90 Å². The lowest BCUT2D eigenvalue weighted by atomic mass is 10.2. The van der Waals surface area contributed by atoms with Crippen LogP contribution in [-0.4, -0.2) is 24.2 Å². The molecule has 0 aliphatic carbocycles. The molecule has 1 atom stereocenters. The van der Waals surface area contributed by atoms with E-state index in [1.165, 1.54) is 12.1 Å². The topological polar surface area (TPSA) is 58.6 Å². The van der Waals surface area contributed by atoms with Crippen LogP contribution in [0.1, 0.15) is 6.42 Å². The zero-order valence-electron chi connectivity index (χ0n) is 12.8. The minimum atomic E-state index is -4.76. The number of rotatable bonds is 4. The van der Waals surface area contributed by atoms with Crippen LogP contribution in [0.25, 0.3) is 0 Å². The molecule has 2 aromatic rings. The van der Waals surface area contributed by atoms with Crippen molar-refractivity contribution in [3.05, 3.63) is 54.6 Å². The third kappa shape index (κ3) is 3.90. The quantitative estimate of drug-likeness (QED) is 0.860. The zero-order valence-corrected chi connectivity index (χ0v) is 12.8. The molecule has 1 saturated heterocycles. The number of carbonyl (C=O) groups excluding carboxylic acids is 2. The largest absolute Gasteiger partial charge is 0.573 e. The summed E-state index contributed by atoms with van der Waals surface area (Å²) in [5, 5.41) is 2.86. The molecule has 25 heavy (non-hydrogen) atoms. The van der Waals surface area contributed by atoms with Gasteiger partial charge in [-0.2, -0.15) is 0 Å². The number of nitrogens with zero attached hydrogens (tertiary/aromatic N) is 1. The number of carbonyl (C=O) groups is 2. The first-order chi connectivity index (χ1) is 11.8. The maximum atomic E-state index is 12.4. The minimum Gasteiger partial charge on any atom is -0.406 e. The van der Waals surface area contributed by atoms with Crippen molar-refractivity contribution in [1.29, 1.82) is 0 Å². The summed E-state index contributed by atoms with van der Waals surface area (Å²) < 4.78 is 40.2. The Morgan fingerprint density at radius 1 is 1.00 bits per heavy atom. The van der Waals surface area contributed by atoms with E-state index < -0.39 is 18.3 Å². The van der Waals surface area contributed by atoms with Crippen LogP contribution in [0.15, 0.2) is 54.6 Å². The highest BCUT2D eigenvalue weighted by Gasteiger charge is 2.39. The maximum Gasteiger partial charge on any atom is 0.573 e. The molecule has 1 heterocycles. The SMILES string of the molecule is O=C1C[C@H](Nc2ccc(OC(F)(F)F)cc2)C(=O)N1c1ccccc1. The summed E-state index contributed by atoms with van der Waals surface area (Å²) in [6, 6.07) is 12.7. The van der Waals surface area contributed by atoms with Gasteiger partial charge in [-0.05, 0) is 36.4 Å². The van der Waals surface area contributed by atoms with Crippen LogP contribution in [0, 0.1) is 0 Å². The molecule has 0 unspecified atom stereocenters. The summed E-state index contributed by atoms with van der Waals surface area (Å²) in [6.07, 6.45) is -4.80. The van der Waals surface area contributed by atoms with Crippen LogP contribution in [0.2, 0.25) is 0 Å². The lowest BCUT2D eigenvalue weighted by Crippen LogP contribution is -2.34. The van der Waals surface area contributed by atoms with E-state index >= 15 is 0 Å². The highest BCUT2D eigenvalue weighted by atomic mass is 19.4. The highest BCUT2D eigenvalue weighted by Crippen LogP contribution is 2.27. The minimum absolute atomic E-state index is 0.0332. The fourth-order valence-corrected chi connectivity index (χ4v) is 2.55. The zero-order chi connectivity index (χ0) is 18.0. The first-order valence-electron chi connectivity index (χ1n) is 7.38. The molecule has 5 nitrogen and oxygen atoms in total. The molecule has 0 spiro atoms. The van der Waals surface area contributed by atoms with Gasteiger partial charge in [0.1, 0.15) is 11.8 Å². The van der Waals surface area contributed by atoms with Crippen LogP contribution in [0.5, 0.6) is 5.75 Å². The monoisotopic (exact) mass is 350 g/mol. The summed E-state index contributed by atoms with van der Waals surface area (Å²) >= 11 is 0. The van der Waals surface area contributed by atoms with Gasteiger partial charge >= 0.3 is 6.36 Å². The number of halogens is 3. The van der Waals surface area contributed by atoms with Gasteiger partial charge in [-0.1, -0.05) is 18.2 Å². The summed E-state index contributed by atoms with van der Waals surface area (Å²) in [5.41, 5.74) is 0.895. The van der Waals surface area contributed by atoms with Crippen LogP contribution in [0.3, 0.4) is 0 Å². The molecule has 8 heteroatoms. The first-order valence-corrected chi connectivity index (χ1v) is 7.38. The van der Waals surface area contributed by atoms with Crippen molar-refractivity contribution >= 4 is 23.2 Å². The number of anilines is 2. The van der Waals surface area contributed by atoms with Gasteiger partial charge in [-0.3, -0.25) is 9.59 Å². The Balaban J connectivity index is 1.69. The van der Waals surface area contributed by atoms with Crippen LogP contribution >= 0.6 is 0 Å². The molecule has 1 N–H and O–H groups in total. The number of ether oxygens (including phenoxy) is 1. The molecule has 0 radical (unpaired) electrons. The second-order valence-electron chi connectivity index (χ2n) is 5.38. The fourth-order valence-electron chi connectivity index (χ4n) is 2.55. The van der Waals surface area contributed by atoms with Gasteiger partial charge in [0.15, 0.2) is 0 Å². The van der Waals surface area contributed by atoms with Gasteiger partial charge in [0.25, 0.3) is 5.91 Å². The van der Waals surface area contributed by atoms with Gasteiger partial charge in [0.05, 0.1) is 12.1 Å². The number of hydrogen-bond donors (Lipinski definition) is 1. The second kappa shape index (κ2) is 6.46. The average molecular weight is 350 g/mol. The standard InChI is InChI=1S/C17H13F3N2O3/c18-17(19,20)25-13-8-6-11(7-9-13)21-14-10-15(23)22(16(14)24)12-4-2-1-3-5-12/h1-9,14,21H,10H2/t14-/m0/s1. The summed E-state index contributed by atoms with van der Waals surface area (Å²) in [7, 11) is 0. The Kier molecular flexibility index (Phi) is 4.35. The Bertz CT molecular complexity index is 776. The normalized spacial score (nSPS) is 17.7. The molecule has 1 aliphatic heterocycles.